The van der Waals surface area contributed by atoms with E-state index in [1.807, 2.05) is 12.1 Å². The normalized spacial score (nSPS) is 29.1. The third-order valence-corrected chi connectivity index (χ3v) is 6.52. The Labute approximate surface area is 164 Å². The standard InChI is InChI=1S/C18H27BClN3O4/c20-14-9-16-15(26-11-27-16)8-12(14)10-23-6-3-13(4-7-23)18(21)5-1-2-17(22-18)19(24)25/h8-9,13,17,22,24-25H,1-7,10-11,21H2. The van der Waals surface area contributed by atoms with Crippen LogP contribution in [-0.4, -0.2) is 53.6 Å². The summed E-state index contributed by atoms with van der Waals surface area (Å²) in [5.41, 5.74) is 7.17. The number of hydrogen-bond donors (Lipinski definition) is 4. The smallest absolute Gasteiger partial charge is 0.454 e. The third-order valence-electron chi connectivity index (χ3n) is 6.17. The Morgan fingerprint density at radius 1 is 1.22 bits per heavy atom. The number of ether oxygens (including phenoxy) is 2. The lowest BCUT2D eigenvalue weighted by Crippen LogP contribution is -2.68. The van der Waals surface area contributed by atoms with Crippen LogP contribution in [0.4, 0.5) is 0 Å². The quantitative estimate of drug-likeness (QED) is 0.566. The summed E-state index contributed by atoms with van der Waals surface area (Å²) in [6, 6.07) is 3.80. The van der Waals surface area contributed by atoms with Gasteiger partial charge < -0.3 is 25.3 Å². The highest BCUT2D eigenvalue weighted by Crippen LogP contribution is 2.38. The number of nitrogens with one attached hydrogen (secondary N) is 1. The lowest BCUT2D eigenvalue weighted by Gasteiger charge is -2.47. The molecule has 9 heteroatoms. The molecule has 4 rings (SSSR count). The van der Waals surface area contributed by atoms with Crippen LogP contribution in [0, 0.1) is 5.92 Å². The first-order valence-corrected chi connectivity index (χ1v) is 10.1. The number of benzene rings is 1. The summed E-state index contributed by atoms with van der Waals surface area (Å²) in [6.07, 6.45) is 4.48. The fraction of sp³-hybridized carbons (Fsp3) is 0.667. The van der Waals surface area contributed by atoms with Crippen LogP contribution in [0.25, 0.3) is 0 Å². The summed E-state index contributed by atoms with van der Waals surface area (Å²) in [4.78, 5) is 2.38. The van der Waals surface area contributed by atoms with Crippen molar-refractivity contribution in [1.82, 2.24) is 10.2 Å². The van der Waals surface area contributed by atoms with Gasteiger partial charge in [-0.2, -0.15) is 0 Å². The molecular weight excluding hydrogens is 368 g/mol. The van der Waals surface area contributed by atoms with Gasteiger partial charge in [-0.25, -0.2) is 0 Å². The number of hydrogen-bond acceptors (Lipinski definition) is 7. The summed E-state index contributed by atoms with van der Waals surface area (Å²) in [5, 5.41) is 23.0. The van der Waals surface area contributed by atoms with Crippen LogP contribution >= 0.6 is 11.6 Å². The fourth-order valence-electron chi connectivity index (χ4n) is 4.58. The van der Waals surface area contributed by atoms with E-state index in [1.54, 1.807) is 0 Å². The van der Waals surface area contributed by atoms with Gasteiger partial charge in [-0.05, 0) is 62.7 Å². The number of rotatable bonds is 4. The Hall–Kier alpha value is -1.03. The highest BCUT2D eigenvalue weighted by Gasteiger charge is 2.43. The zero-order chi connectivity index (χ0) is 19.0. The molecule has 5 N–H and O–H groups in total. The number of fused-ring (bicyclic) bond motifs is 1. The van der Waals surface area contributed by atoms with Crippen LogP contribution in [0.3, 0.4) is 0 Å². The SMILES string of the molecule is NC1(C2CCN(Cc3cc4c(cc3Cl)OCO4)CC2)CCCC(B(O)O)N1. The lowest BCUT2D eigenvalue weighted by atomic mass is 9.69. The molecule has 3 heterocycles. The van der Waals surface area contributed by atoms with Crippen molar-refractivity contribution in [3.8, 4) is 11.5 Å². The van der Waals surface area contributed by atoms with Crippen molar-refractivity contribution < 1.29 is 19.5 Å². The molecule has 0 spiro atoms. The number of likely N-dealkylation sites (tertiary alicyclic amines) is 1. The van der Waals surface area contributed by atoms with Gasteiger partial charge in [0.2, 0.25) is 6.79 Å². The number of nitrogens with zero attached hydrogens (tertiary/aromatic N) is 1. The van der Waals surface area contributed by atoms with Crippen LogP contribution in [0.5, 0.6) is 11.5 Å². The van der Waals surface area contributed by atoms with Gasteiger partial charge in [0.15, 0.2) is 11.5 Å². The van der Waals surface area contributed by atoms with E-state index < -0.39 is 12.8 Å². The average Bonchev–Trinajstić information content (AvgIpc) is 3.09. The molecule has 0 bridgehead atoms. The molecule has 27 heavy (non-hydrogen) atoms. The Kier molecular flexibility index (Phi) is 5.56. The molecule has 0 radical (unpaired) electrons. The molecular formula is C18H27BClN3O4. The van der Waals surface area contributed by atoms with E-state index in [-0.39, 0.29) is 12.7 Å². The lowest BCUT2D eigenvalue weighted by molar-refractivity contribution is 0.0766. The Bertz CT molecular complexity index is 687. The van der Waals surface area contributed by atoms with Crippen LogP contribution in [0.2, 0.25) is 5.02 Å². The maximum atomic E-state index is 9.50. The highest BCUT2D eigenvalue weighted by molar-refractivity contribution is 6.43. The minimum atomic E-state index is -1.36. The summed E-state index contributed by atoms with van der Waals surface area (Å²) in [7, 11) is -1.36. The van der Waals surface area contributed by atoms with E-state index in [1.165, 1.54) is 0 Å². The largest absolute Gasteiger partial charge is 0.469 e. The minimum absolute atomic E-state index is 0.246. The zero-order valence-electron chi connectivity index (χ0n) is 15.4. The van der Waals surface area contributed by atoms with Gasteiger partial charge in [-0.3, -0.25) is 10.2 Å². The van der Waals surface area contributed by atoms with Crippen molar-refractivity contribution in [3.05, 3.63) is 22.7 Å². The second-order valence-electron chi connectivity index (χ2n) is 7.94. The van der Waals surface area contributed by atoms with Gasteiger partial charge in [0.1, 0.15) is 0 Å². The maximum absolute atomic E-state index is 9.50. The molecule has 2 saturated heterocycles. The molecule has 1 aromatic carbocycles. The van der Waals surface area contributed by atoms with E-state index >= 15 is 0 Å². The second kappa shape index (κ2) is 7.77. The van der Waals surface area contributed by atoms with E-state index in [4.69, 9.17) is 26.8 Å². The number of piperidine rings is 2. The predicted octanol–water partition coefficient (Wildman–Crippen LogP) is 1.09. The first-order valence-electron chi connectivity index (χ1n) is 9.68. The topological polar surface area (TPSA) is 100 Å². The molecule has 148 valence electrons. The molecule has 0 amide bonds. The number of halogens is 1. The van der Waals surface area contributed by atoms with Gasteiger partial charge in [0.25, 0.3) is 0 Å². The fourth-order valence-corrected chi connectivity index (χ4v) is 4.79. The first-order chi connectivity index (χ1) is 12.9. The van der Waals surface area contributed by atoms with Crippen molar-refractivity contribution in [2.45, 2.75) is 50.3 Å². The summed E-state index contributed by atoms with van der Waals surface area (Å²) < 4.78 is 10.8. The molecule has 2 fully saturated rings. The van der Waals surface area contributed by atoms with Gasteiger partial charge in [-0.1, -0.05) is 11.6 Å². The van der Waals surface area contributed by atoms with Gasteiger partial charge in [0.05, 0.1) is 5.66 Å². The molecule has 0 aromatic heterocycles. The Balaban J connectivity index is 1.35. The third kappa shape index (κ3) is 4.06. The molecule has 3 aliphatic rings. The zero-order valence-corrected chi connectivity index (χ0v) is 16.1. The van der Waals surface area contributed by atoms with E-state index in [0.29, 0.717) is 16.7 Å². The summed E-state index contributed by atoms with van der Waals surface area (Å²) in [6.45, 7) is 2.88. The first kappa shape index (κ1) is 19.3. The monoisotopic (exact) mass is 395 g/mol. The van der Waals surface area contributed by atoms with Crippen LogP contribution in [0.15, 0.2) is 12.1 Å². The molecule has 0 aliphatic carbocycles. The molecule has 1 aromatic rings. The molecule has 7 nitrogen and oxygen atoms in total. The predicted molar refractivity (Wildman–Crippen MR) is 103 cm³/mol. The average molecular weight is 396 g/mol. The Morgan fingerprint density at radius 3 is 2.63 bits per heavy atom. The maximum Gasteiger partial charge on any atom is 0.469 e. The van der Waals surface area contributed by atoms with Crippen LogP contribution in [-0.2, 0) is 6.54 Å². The molecule has 3 aliphatic heterocycles. The van der Waals surface area contributed by atoms with Crippen molar-refractivity contribution in [2.75, 3.05) is 19.9 Å². The molecule has 0 saturated carbocycles. The van der Waals surface area contributed by atoms with Crippen molar-refractivity contribution in [1.29, 1.82) is 0 Å². The van der Waals surface area contributed by atoms with Gasteiger partial charge in [-0.15, -0.1) is 0 Å². The van der Waals surface area contributed by atoms with Gasteiger partial charge >= 0.3 is 7.12 Å². The summed E-state index contributed by atoms with van der Waals surface area (Å²) in [5.74, 6) is 1.44. The van der Waals surface area contributed by atoms with Gasteiger partial charge in [0, 0.05) is 23.6 Å². The highest BCUT2D eigenvalue weighted by atomic mass is 35.5. The molecule has 2 unspecified atom stereocenters. The van der Waals surface area contributed by atoms with Crippen LogP contribution in [0.1, 0.15) is 37.7 Å². The summed E-state index contributed by atoms with van der Waals surface area (Å²) >= 11 is 6.41. The minimum Gasteiger partial charge on any atom is -0.454 e. The van der Waals surface area contributed by atoms with E-state index in [9.17, 15) is 10.0 Å². The Morgan fingerprint density at radius 2 is 1.93 bits per heavy atom. The van der Waals surface area contributed by atoms with Crippen molar-refractivity contribution in [2.24, 2.45) is 11.7 Å². The molecule has 2 atom stereocenters. The van der Waals surface area contributed by atoms with Crippen molar-refractivity contribution >= 4 is 18.7 Å². The second-order valence-corrected chi connectivity index (χ2v) is 8.35. The van der Waals surface area contributed by atoms with E-state index in [0.717, 1.165) is 63.1 Å². The number of nitrogens with two attached hydrogens (primary N) is 1. The van der Waals surface area contributed by atoms with E-state index in [2.05, 4.69) is 10.2 Å². The van der Waals surface area contributed by atoms with Crippen molar-refractivity contribution in [3.63, 3.8) is 0 Å². The van der Waals surface area contributed by atoms with Crippen LogP contribution < -0.4 is 20.5 Å².